The molecule has 0 saturated carbocycles. The van der Waals surface area contributed by atoms with Gasteiger partial charge in [-0.25, -0.2) is 17.2 Å². The lowest BCUT2D eigenvalue weighted by molar-refractivity contribution is 0.0947. The van der Waals surface area contributed by atoms with E-state index in [4.69, 9.17) is 11.6 Å². The summed E-state index contributed by atoms with van der Waals surface area (Å²) in [4.78, 5) is 12.4. The zero-order chi connectivity index (χ0) is 22.9. The fourth-order valence-corrected chi connectivity index (χ4v) is 5.45. The van der Waals surface area contributed by atoms with Crippen molar-refractivity contribution >= 4 is 33.2 Å². The van der Waals surface area contributed by atoms with Gasteiger partial charge in [0.05, 0.1) is 21.2 Å². The number of anilines is 1. The maximum atomic E-state index is 14.0. The minimum absolute atomic E-state index is 0.000324. The minimum atomic E-state index is -3.88. The highest BCUT2D eigenvalue weighted by Gasteiger charge is 2.29. The number of rotatable bonds is 5. The smallest absolute Gasteiger partial charge is 0.264 e. The number of sulfonamides is 1. The molecule has 1 N–H and O–H groups in total. The number of carbonyl (C=O) groups excluding carboxylic acids is 1. The van der Waals surface area contributed by atoms with Gasteiger partial charge < -0.3 is 5.32 Å². The number of nitrogens with zero attached hydrogens (tertiary/aromatic N) is 1. The molecule has 0 radical (unpaired) electrons. The lowest BCUT2D eigenvalue weighted by Gasteiger charge is -2.31. The number of nitrogens with one attached hydrogen (secondary N) is 1. The Balaban J connectivity index is 1.59. The summed E-state index contributed by atoms with van der Waals surface area (Å²) >= 11 is 5.94. The van der Waals surface area contributed by atoms with E-state index in [0.717, 1.165) is 23.8 Å². The van der Waals surface area contributed by atoms with Crippen molar-refractivity contribution < 1.29 is 22.0 Å². The summed E-state index contributed by atoms with van der Waals surface area (Å²) in [6.45, 7) is 0.342. The van der Waals surface area contributed by atoms with Crippen molar-refractivity contribution in [2.75, 3.05) is 10.8 Å². The van der Waals surface area contributed by atoms with Gasteiger partial charge in [-0.1, -0.05) is 29.8 Å². The number of halogens is 3. The van der Waals surface area contributed by atoms with Gasteiger partial charge in [0.1, 0.15) is 11.6 Å². The lowest BCUT2D eigenvalue weighted by Crippen LogP contribution is -2.35. The number of benzene rings is 3. The van der Waals surface area contributed by atoms with E-state index < -0.39 is 27.6 Å². The summed E-state index contributed by atoms with van der Waals surface area (Å²) < 4.78 is 54.9. The van der Waals surface area contributed by atoms with Crippen LogP contribution in [0.2, 0.25) is 5.02 Å². The molecule has 0 fully saturated rings. The molecule has 0 spiro atoms. The molecule has 0 saturated heterocycles. The summed E-state index contributed by atoms with van der Waals surface area (Å²) in [6.07, 6.45) is 1.36. The second-order valence-corrected chi connectivity index (χ2v) is 9.65. The van der Waals surface area contributed by atoms with E-state index >= 15 is 0 Å². The average molecular weight is 477 g/mol. The quantitative estimate of drug-likeness (QED) is 0.581. The summed E-state index contributed by atoms with van der Waals surface area (Å²) in [5.74, 6) is -1.91. The minimum Gasteiger partial charge on any atom is -0.348 e. The molecule has 0 unspecified atom stereocenters. The van der Waals surface area contributed by atoms with Gasteiger partial charge in [0.25, 0.3) is 15.9 Å². The molecule has 3 aromatic carbocycles. The second kappa shape index (κ2) is 8.88. The summed E-state index contributed by atoms with van der Waals surface area (Å²) in [5, 5.41) is 2.63. The molecular weight excluding hydrogens is 458 g/mol. The van der Waals surface area contributed by atoms with Crippen molar-refractivity contribution in [3.63, 3.8) is 0 Å². The highest BCUT2D eigenvalue weighted by atomic mass is 35.5. The molecule has 9 heteroatoms. The molecule has 4 rings (SSSR count). The first-order chi connectivity index (χ1) is 15.3. The second-order valence-electron chi connectivity index (χ2n) is 7.38. The number of fused-ring (bicyclic) bond motifs is 1. The third-order valence-corrected chi connectivity index (χ3v) is 7.41. The van der Waals surface area contributed by atoms with Gasteiger partial charge in [-0.15, -0.1) is 0 Å². The molecular formula is C23H19ClF2N2O3S. The standard InChI is InChI=1S/C23H19ClF2N2O3S/c24-19-4-1-5-20(26)22(19)23(29)27-14-15-6-7-16-3-2-12-28(21(16)13-15)32(30,31)18-10-8-17(25)9-11-18/h1,4-11,13H,2-3,12,14H2,(H,27,29). The van der Waals surface area contributed by atoms with Crippen LogP contribution >= 0.6 is 11.6 Å². The van der Waals surface area contributed by atoms with E-state index in [9.17, 15) is 22.0 Å². The topological polar surface area (TPSA) is 66.5 Å². The predicted molar refractivity (Wildman–Crippen MR) is 118 cm³/mol. The molecule has 0 aliphatic carbocycles. The van der Waals surface area contributed by atoms with Crippen molar-refractivity contribution in [3.8, 4) is 0 Å². The van der Waals surface area contributed by atoms with Crippen LogP contribution in [0.15, 0.2) is 65.6 Å². The highest BCUT2D eigenvalue weighted by Crippen LogP contribution is 2.33. The van der Waals surface area contributed by atoms with Crippen LogP contribution in [-0.4, -0.2) is 20.9 Å². The number of hydrogen-bond acceptors (Lipinski definition) is 3. The van der Waals surface area contributed by atoms with Gasteiger partial charge in [-0.2, -0.15) is 0 Å². The third kappa shape index (κ3) is 4.33. The fourth-order valence-electron chi connectivity index (χ4n) is 3.67. The van der Waals surface area contributed by atoms with Crippen molar-refractivity contribution in [2.24, 2.45) is 0 Å². The maximum absolute atomic E-state index is 14.0. The Labute approximate surface area is 189 Å². The van der Waals surface area contributed by atoms with Crippen LogP contribution in [0.1, 0.15) is 27.9 Å². The van der Waals surface area contributed by atoms with Gasteiger partial charge in [0.2, 0.25) is 0 Å². The van der Waals surface area contributed by atoms with Crippen LogP contribution in [0.4, 0.5) is 14.5 Å². The molecule has 0 atom stereocenters. The Morgan fingerprint density at radius 3 is 2.53 bits per heavy atom. The highest BCUT2D eigenvalue weighted by molar-refractivity contribution is 7.92. The zero-order valence-corrected chi connectivity index (χ0v) is 18.4. The van der Waals surface area contributed by atoms with Crippen LogP contribution in [0.25, 0.3) is 0 Å². The summed E-state index contributed by atoms with van der Waals surface area (Å²) in [6, 6.07) is 14.0. The Morgan fingerprint density at radius 1 is 1.06 bits per heavy atom. The van der Waals surface area contributed by atoms with E-state index in [-0.39, 0.29) is 28.6 Å². The van der Waals surface area contributed by atoms with Crippen LogP contribution < -0.4 is 9.62 Å². The fraction of sp³-hybridized carbons (Fsp3) is 0.174. The van der Waals surface area contributed by atoms with Gasteiger partial charge in [-0.05, 0) is 66.4 Å². The van der Waals surface area contributed by atoms with E-state index in [2.05, 4.69) is 5.32 Å². The largest absolute Gasteiger partial charge is 0.348 e. The molecule has 1 heterocycles. The number of aryl methyl sites for hydroxylation is 1. The number of amides is 1. The van der Waals surface area contributed by atoms with Crippen molar-refractivity contribution in [2.45, 2.75) is 24.3 Å². The first-order valence-corrected chi connectivity index (χ1v) is 11.7. The molecule has 5 nitrogen and oxygen atoms in total. The third-order valence-electron chi connectivity index (χ3n) is 5.27. The van der Waals surface area contributed by atoms with Gasteiger partial charge in [-0.3, -0.25) is 9.10 Å². The van der Waals surface area contributed by atoms with Gasteiger partial charge in [0, 0.05) is 13.1 Å². The Morgan fingerprint density at radius 2 is 1.81 bits per heavy atom. The molecule has 1 amide bonds. The molecule has 0 aromatic heterocycles. The molecule has 166 valence electrons. The van der Waals surface area contributed by atoms with E-state index in [1.54, 1.807) is 12.1 Å². The van der Waals surface area contributed by atoms with E-state index in [1.807, 2.05) is 6.07 Å². The zero-order valence-electron chi connectivity index (χ0n) is 16.8. The molecule has 32 heavy (non-hydrogen) atoms. The SMILES string of the molecule is O=C(NCc1ccc2c(c1)N(S(=O)(=O)c1ccc(F)cc1)CCC2)c1c(F)cccc1Cl. The maximum Gasteiger partial charge on any atom is 0.264 e. The van der Waals surface area contributed by atoms with Crippen LogP contribution in [0.5, 0.6) is 0 Å². The van der Waals surface area contributed by atoms with Crippen molar-refractivity contribution in [1.82, 2.24) is 5.32 Å². The normalized spacial score (nSPS) is 13.5. The summed E-state index contributed by atoms with van der Waals surface area (Å²) in [5.41, 5.74) is 1.77. The molecule has 1 aliphatic rings. The Kier molecular flexibility index (Phi) is 6.17. The first-order valence-electron chi connectivity index (χ1n) is 9.90. The van der Waals surface area contributed by atoms with Crippen LogP contribution in [-0.2, 0) is 23.0 Å². The van der Waals surface area contributed by atoms with Gasteiger partial charge >= 0.3 is 0 Å². The monoisotopic (exact) mass is 476 g/mol. The van der Waals surface area contributed by atoms with Crippen molar-refractivity contribution in [1.29, 1.82) is 0 Å². The van der Waals surface area contributed by atoms with Crippen molar-refractivity contribution in [3.05, 3.63) is 94.0 Å². The molecule has 1 aliphatic heterocycles. The number of carbonyl (C=O) groups is 1. The average Bonchev–Trinajstić information content (AvgIpc) is 2.77. The lowest BCUT2D eigenvalue weighted by atomic mass is 10.0. The van der Waals surface area contributed by atoms with Gasteiger partial charge in [0.15, 0.2) is 0 Å². The predicted octanol–water partition coefficient (Wildman–Crippen LogP) is 4.69. The van der Waals surface area contributed by atoms with Crippen LogP contribution in [0, 0.1) is 11.6 Å². The first kappa shape index (κ1) is 22.2. The molecule has 0 bridgehead atoms. The van der Waals surface area contributed by atoms with Crippen LogP contribution in [0.3, 0.4) is 0 Å². The molecule has 3 aromatic rings. The Bertz CT molecular complexity index is 1260. The van der Waals surface area contributed by atoms with E-state index in [1.165, 1.54) is 28.6 Å². The number of hydrogen-bond donors (Lipinski definition) is 1. The summed E-state index contributed by atoms with van der Waals surface area (Å²) in [7, 11) is -3.88. The van der Waals surface area contributed by atoms with E-state index in [0.29, 0.717) is 24.1 Å². The Hall–Kier alpha value is -2.97.